The fraction of sp³-hybridized carbons (Fsp3) is 0.545. The molecule has 0 aliphatic heterocycles. The monoisotopic (exact) mass is 291 g/mol. The number of aryl methyl sites for hydroxylation is 2. The third-order valence-electron chi connectivity index (χ3n) is 2.39. The summed E-state index contributed by atoms with van der Waals surface area (Å²) in [6.07, 6.45) is 1.41. The SMILES string of the molecule is CCCS(=O)(=O)c1nc(C)cc(C)c1S(C)(=O)=O. The number of sulfone groups is 2. The fourth-order valence-corrected chi connectivity index (χ4v) is 5.12. The van der Waals surface area contributed by atoms with Gasteiger partial charge >= 0.3 is 0 Å². The van der Waals surface area contributed by atoms with Crippen LogP contribution in [0.4, 0.5) is 0 Å². The lowest BCUT2D eigenvalue weighted by molar-refractivity contribution is 0.577. The van der Waals surface area contributed by atoms with Gasteiger partial charge in [-0.15, -0.1) is 0 Å². The van der Waals surface area contributed by atoms with Gasteiger partial charge in [-0.25, -0.2) is 21.8 Å². The molecule has 0 unspecified atom stereocenters. The Morgan fingerprint density at radius 1 is 1.17 bits per heavy atom. The lowest BCUT2D eigenvalue weighted by Gasteiger charge is -2.11. The highest BCUT2D eigenvalue weighted by Crippen LogP contribution is 2.24. The zero-order valence-electron chi connectivity index (χ0n) is 10.9. The highest BCUT2D eigenvalue weighted by atomic mass is 32.2. The third-order valence-corrected chi connectivity index (χ3v) is 5.61. The van der Waals surface area contributed by atoms with Crippen LogP contribution in [-0.4, -0.2) is 33.8 Å². The summed E-state index contributed by atoms with van der Waals surface area (Å²) in [4.78, 5) is 3.74. The molecule has 0 aliphatic rings. The fourth-order valence-electron chi connectivity index (χ4n) is 1.82. The molecule has 5 nitrogen and oxygen atoms in total. The van der Waals surface area contributed by atoms with Crippen molar-refractivity contribution in [3.05, 3.63) is 17.3 Å². The van der Waals surface area contributed by atoms with E-state index in [0.717, 1.165) is 6.26 Å². The van der Waals surface area contributed by atoms with E-state index in [9.17, 15) is 16.8 Å². The molecule has 0 spiro atoms. The van der Waals surface area contributed by atoms with Crippen LogP contribution in [-0.2, 0) is 19.7 Å². The predicted octanol–water partition coefficient (Wildman–Crippen LogP) is 1.29. The molecule has 18 heavy (non-hydrogen) atoms. The van der Waals surface area contributed by atoms with Crippen LogP contribution >= 0.6 is 0 Å². The maximum absolute atomic E-state index is 12.1. The molecule has 1 aromatic heterocycles. The second-order valence-corrected chi connectivity index (χ2v) is 8.28. The van der Waals surface area contributed by atoms with Crippen molar-refractivity contribution in [3.63, 3.8) is 0 Å². The van der Waals surface area contributed by atoms with Crippen molar-refractivity contribution in [1.82, 2.24) is 4.98 Å². The van der Waals surface area contributed by atoms with Crippen molar-refractivity contribution >= 4 is 19.7 Å². The molecule has 102 valence electrons. The van der Waals surface area contributed by atoms with Crippen LogP contribution in [0.5, 0.6) is 0 Å². The van der Waals surface area contributed by atoms with Gasteiger partial charge < -0.3 is 0 Å². The van der Waals surface area contributed by atoms with Gasteiger partial charge in [0.25, 0.3) is 0 Å². The summed E-state index contributed by atoms with van der Waals surface area (Å²) in [5.41, 5.74) is 0.911. The summed E-state index contributed by atoms with van der Waals surface area (Å²) in [6.45, 7) is 4.94. The van der Waals surface area contributed by atoms with Gasteiger partial charge in [0.1, 0.15) is 4.90 Å². The van der Waals surface area contributed by atoms with E-state index in [1.807, 2.05) is 0 Å². The molecule has 0 atom stereocenters. The summed E-state index contributed by atoms with van der Waals surface area (Å²) >= 11 is 0. The van der Waals surface area contributed by atoms with Gasteiger partial charge in [-0.2, -0.15) is 0 Å². The molecule has 7 heteroatoms. The molecule has 1 rings (SSSR count). The van der Waals surface area contributed by atoms with Crippen LogP contribution in [0, 0.1) is 13.8 Å². The number of nitrogens with zero attached hydrogens (tertiary/aromatic N) is 1. The first-order valence-corrected chi connectivity index (χ1v) is 9.05. The molecule has 0 N–H and O–H groups in total. The van der Waals surface area contributed by atoms with Gasteiger partial charge in [0.2, 0.25) is 0 Å². The third kappa shape index (κ3) is 3.08. The van der Waals surface area contributed by atoms with E-state index in [2.05, 4.69) is 4.98 Å². The molecular weight excluding hydrogens is 274 g/mol. The Bertz CT molecular complexity index is 661. The topological polar surface area (TPSA) is 81.2 Å². The first-order valence-electron chi connectivity index (χ1n) is 5.50. The minimum Gasteiger partial charge on any atom is -0.240 e. The Morgan fingerprint density at radius 3 is 2.17 bits per heavy atom. The van der Waals surface area contributed by atoms with Crippen molar-refractivity contribution in [1.29, 1.82) is 0 Å². The molecule has 0 amide bonds. The second kappa shape index (κ2) is 4.97. The lowest BCUT2D eigenvalue weighted by atomic mass is 10.2. The Balaban J connectivity index is 3.73. The molecule has 0 radical (unpaired) electrons. The number of hydrogen-bond donors (Lipinski definition) is 0. The number of aromatic nitrogens is 1. The second-order valence-electron chi connectivity index (χ2n) is 4.31. The van der Waals surface area contributed by atoms with Crippen LogP contribution in [0.15, 0.2) is 16.0 Å². The molecule has 1 aromatic rings. The largest absolute Gasteiger partial charge is 0.240 e. The molecule has 0 aromatic carbocycles. The summed E-state index contributed by atoms with van der Waals surface area (Å²) < 4.78 is 47.6. The lowest BCUT2D eigenvalue weighted by Crippen LogP contribution is -2.16. The van der Waals surface area contributed by atoms with Gasteiger partial charge in [0.15, 0.2) is 24.7 Å². The van der Waals surface area contributed by atoms with Gasteiger partial charge in [-0.3, -0.25) is 0 Å². The van der Waals surface area contributed by atoms with Crippen LogP contribution in [0.2, 0.25) is 0 Å². The summed E-state index contributed by atoms with van der Waals surface area (Å²) in [5.74, 6) is -0.106. The summed E-state index contributed by atoms with van der Waals surface area (Å²) in [7, 11) is -7.28. The Labute approximate surface area is 108 Å². The highest BCUT2D eigenvalue weighted by Gasteiger charge is 2.27. The van der Waals surface area contributed by atoms with Crippen molar-refractivity contribution < 1.29 is 16.8 Å². The van der Waals surface area contributed by atoms with E-state index in [-0.39, 0.29) is 15.7 Å². The smallest absolute Gasteiger partial charge is 0.196 e. The quantitative estimate of drug-likeness (QED) is 0.835. The van der Waals surface area contributed by atoms with Crippen LogP contribution in [0.25, 0.3) is 0 Å². The van der Waals surface area contributed by atoms with Crippen LogP contribution < -0.4 is 0 Å². The molecule has 0 aliphatic carbocycles. The molecule has 0 saturated heterocycles. The first-order chi connectivity index (χ1) is 8.09. The zero-order chi connectivity index (χ0) is 14.1. The summed E-state index contributed by atoms with van der Waals surface area (Å²) in [5, 5.41) is -0.315. The van der Waals surface area contributed by atoms with E-state index in [1.165, 1.54) is 0 Å². The Morgan fingerprint density at radius 2 is 1.72 bits per heavy atom. The minimum atomic E-state index is -3.66. The minimum absolute atomic E-state index is 0.106. The van der Waals surface area contributed by atoms with Crippen molar-refractivity contribution in [2.75, 3.05) is 12.0 Å². The van der Waals surface area contributed by atoms with Crippen LogP contribution in [0.3, 0.4) is 0 Å². The van der Waals surface area contributed by atoms with E-state index in [4.69, 9.17) is 0 Å². The van der Waals surface area contributed by atoms with Gasteiger partial charge in [-0.05, 0) is 31.9 Å². The van der Waals surface area contributed by atoms with Crippen molar-refractivity contribution in [2.45, 2.75) is 37.1 Å². The van der Waals surface area contributed by atoms with E-state index < -0.39 is 19.7 Å². The van der Waals surface area contributed by atoms with E-state index in [0.29, 0.717) is 17.7 Å². The normalized spacial score (nSPS) is 12.7. The zero-order valence-corrected chi connectivity index (χ0v) is 12.5. The molecule has 0 bridgehead atoms. The van der Waals surface area contributed by atoms with E-state index in [1.54, 1.807) is 26.8 Å². The van der Waals surface area contributed by atoms with Gasteiger partial charge in [0, 0.05) is 11.9 Å². The summed E-state index contributed by atoms with van der Waals surface area (Å²) in [6, 6.07) is 1.57. The molecule has 0 saturated carbocycles. The van der Waals surface area contributed by atoms with Crippen molar-refractivity contribution in [2.24, 2.45) is 0 Å². The average Bonchev–Trinajstić information content (AvgIpc) is 2.13. The van der Waals surface area contributed by atoms with Crippen molar-refractivity contribution in [3.8, 4) is 0 Å². The molecular formula is C11H17NO4S2. The Hall–Kier alpha value is -0.950. The van der Waals surface area contributed by atoms with Gasteiger partial charge in [0.05, 0.1) is 5.75 Å². The predicted molar refractivity (Wildman–Crippen MR) is 69.2 cm³/mol. The highest BCUT2D eigenvalue weighted by molar-refractivity contribution is 7.94. The Kier molecular flexibility index (Phi) is 4.17. The number of hydrogen-bond acceptors (Lipinski definition) is 5. The average molecular weight is 291 g/mol. The van der Waals surface area contributed by atoms with E-state index >= 15 is 0 Å². The molecule has 1 heterocycles. The first kappa shape index (κ1) is 15.1. The maximum Gasteiger partial charge on any atom is 0.196 e. The number of rotatable bonds is 4. The molecule has 0 fully saturated rings. The van der Waals surface area contributed by atoms with Gasteiger partial charge in [-0.1, -0.05) is 6.92 Å². The maximum atomic E-state index is 12.1. The number of pyridine rings is 1. The van der Waals surface area contributed by atoms with Crippen LogP contribution in [0.1, 0.15) is 24.6 Å². The standard InChI is InChI=1S/C11H17NO4S2/c1-5-6-18(15,16)11-10(17(4,13)14)8(2)7-9(3)12-11/h7H,5-6H2,1-4H3.